The highest BCUT2D eigenvalue weighted by Crippen LogP contribution is 2.26. The first-order valence-corrected chi connectivity index (χ1v) is 6.82. The van der Waals surface area contributed by atoms with Gasteiger partial charge in [-0.1, -0.05) is 6.07 Å². The van der Waals surface area contributed by atoms with Gasteiger partial charge in [-0.05, 0) is 30.9 Å². The van der Waals surface area contributed by atoms with Crippen molar-refractivity contribution in [3.8, 4) is 0 Å². The molecular formula is C14H19N3O3. The van der Waals surface area contributed by atoms with Crippen molar-refractivity contribution in [1.29, 1.82) is 0 Å². The molecule has 0 aliphatic heterocycles. The van der Waals surface area contributed by atoms with Gasteiger partial charge in [0.05, 0.1) is 6.42 Å². The van der Waals surface area contributed by atoms with Gasteiger partial charge in [-0.15, -0.1) is 0 Å². The highest BCUT2D eigenvalue weighted by atomic mass is 16.4. The predicted molar refractivity (Wildman–Crippen MR) is 73.3 cm³/mol. The van der Waals surface area contributed by atoms with Crippen LogP contribution in [0.5, 0.6) is 0 Å². The van der Waals surface area contributed by atoms with Crippen LogP contribution in [0.3, 0.4) is 0 Å². The van der Waals surface area contributed by atoms with E-state index >= 15 is 0 Å². The summed E-state index contributed by atoms with van der Waals surface area (Å²) < 4.78 is 0. The number of nitrogens with one attached hydrogen (secondary N) is 1. The molecule has 1 aromatic heterocycles. The number of nitrogens with zero attached hydrogens (tertiary/aromatic N) is 2. The highest BCUT2D eigenvalue weighted by Gasteiger charge is 2.32. The molecule has 0 spiro atoms. The lowest BCUT2D eigenvalue weighted by atomic mass is 10.2. The Labute approximate surface area is 117 Å². The van der Waals surface area contributed by atoms with Crippen molar-refractivity contribution in [3.63, 3.8) is 0 Å². The van der Waals surface area contributed by atoms with E-state index in [1.807, 2.05) is 12.1 Å². The Kier molecular flexibility index (Phi) is 4.92. The summed E-state index contributed by atoms with van der Waals surface area (Å²) in [5.41, 5.74) is 1.07. The molecule has 0 saturated heterocycles. The molecule has 1 aromatic rings. The molecule has 108 valence electrons. The fourth-order valence-corrected chi connectivity index (χ4v) is 2.01. The molecule has 1 saturated carbocycles. The minimum atomic E-state index is -0.876. The Bertz CT molecular complexity index is 460. The van der Waals surface area contributed by atoms with Gasteiger partial charge in [-0.2, -0.15) is 0 Å². The minimum Gasteiger partial charge on any atom is -0.481 e. The lowest BCUT2D eigenvalue weighted by molar-refractivity contribution is -0.137. The van der Waals surface area contributed by atoms with Gasteiger partial charge in [-0.3, -0.25) is 9.78 Å². The van der Waals surface area contributed by atoms with E-state index in [1.165, 1.54) is 0 Å². The van der Waals surface area contributed by atoms with E-state index in [4.69, 9.17) is 5.11 Å². The molecule has 6 heteroatoms. The zero-order valence-corrected chi connectivity index (χ0v) is 11.3. The number of carbonyl (C=O) groups excluding carboxylic acids is 1. The van der Waals surface area contributed by atoms with Crippen molar-refractivity contribution in [3.05, 3.63) is 30.1 Å². The summed E-state index contributed by atoms with van der Waals surface area (Å²) in [6.07, 6.45) is 6.13. The van der Waals surface area contributed by atoms with E-state index in [-0.39, 0.29) is 25.0 Å². The Morgan fingerprint density at radius 3 is 2.85 bits per heavy atom. The van der Waals surface area contributed by atoms with Crippen molar-refractivity contribution in [2.75, 3.05) is 13.1 Å². The molecule has 6 nitrogen and oxygen atoms in total. The lowest BCUT2D eigenvalue weighted by Crippen LogP contribution is -2.43. The van der Waals surface area contributed by atoms with E-state index in [2.05, 4.69) is 10.3 Å². The Morgan fingerprint density at radius 2 is 2.25 bits per heavy atom. The van der Waals surface area contributed by atoms with Crippen LogP contribution >= 0.6 is 0 Å². The second-order valence-electron chi connectivity index (χ2n) is 4.91. The molecule has 1 aliphatic rings. The largest absolute Gasteiger partial charge is 0.481 e. The summed E-state index contributed by atoms with van der Waals surface area (Å²) in [5, 5.41) is 11.5. The first kappa shape index (κ1) is 14.3. The molecule has 0 unspecified atom stereocenters. The van der Waals surface area contributed by atoms with Gasteiger partial charge in [-0.25, -0.2) is 4.79 Å². The molecule has 0 atom stereocenters. The smallest absolute Gasteiger partial charge is 0.317 e. The van der Waals surface area contributed by atoms with Gasteiger partial charge in [0.15, 0.2) is 0 Å². The van der Waals surface area contributed by atoms with Crippen molar-refractivity contribution in [1.82, 2.24) is 15.2 Å². The quantitative estimate of drug-likeness (QED) is 0.786. The number of hydrogen-bond acceptors (Lipinski definition) is 3. The standard InChI is InChI=1S/C14H19N3O3/c18-13(19)6-9-17(12-3-4-12)14(20)16-8-5-11-2-1-7-15-10-11/h1-2,7,10,12H,3-6,8-9H2,(H,16,20)(H,18,19). The van der Waals surface area contributed by atoms with Crippen LogP contribution in [0.25, 0.3) is 0 Å². The van der Waals surface area contributed by atoms with E-state index in [1.54, 1.807) is 17.3 Å². The number of pyridine rings is 1. The van der Waals surface area contributed by atoms with Crippen LogP contribution in [0.15, 0.2) is 24.5 Å². The maximum absolute atomic E-state index is 12.0. The predicted octanol–water partition coefficient (Wildman–Crippen LogP) is 1.27. The summed E-state index contributed by atoms with van der Waals surface area (Å²) >= 11 is 0. The molecule has 1 fully saturated rings. The number of aliphatic carboxylic acids is 1. The third-order valence-electron chi connectivity index (χ3n) is 3.23. The van der Waals surface area contributed by atoms with Crippen LogP contribution in [0.1, 0.15) is 24.8 Å². The summed E-state index contributed by atoms with van der Waals surface area (Å²) in [6.45, 7) is 0.805. The maximum atomic E-state index is 12.0. The normalized spacial score (nSPS) is 13.8. The topological polar surface area (TPSA) is 82.5 Å². The molecule has 0 aromatic carbocycles. The number of amides is 2. The Balaban J connectivity index is 1.75. The molecule has 2 amide bonds. The fraction of sp³-hybridized carbons (Fsp3) is 0.500. The van der Waals surface area contributed by atoms with Crippen LogP contribution in [0.2, 0.25) is 0 Å². The van der Waals surface area contributed by atoms with Gasteiger partial charge in [0.1, 0.15) is 0 Å². The average Bonchev–Trinajstić information content (AvgIpc) is 3.24. The number of urea groups is 1. The number of carboxylic acids is 1. The molecule has 1 aliphatic carbocycles. The zero-order valence-electron chi connectivity index (χ0n) is 11.3. The second-order valence-corrected chi connectivity index (χ2v) is 4.91. The highest BCUT2D eigenvalue weighted by molar-refractivity contribution is 5.76. The van der Waals surface area contributed by atoms with Gasteiger partial charge in [0, 0.05) is 31.5 Å². The molecule has 20 heavy (non-hydrogen) atoms. The lowest BCUT2D eigenvalue weighted by Gasteiger charge is -2.22. The number of aromatic nitrogens is 1. The summed E-state index contributed by atoms with van der Waals surface area (Å²) in [4.78, 5) is 28.3. The Morgan fingerprint density at radius 1 is 1.45 bits per heavy atom. The maximum Gasteiger partial charge on any atom is 0.317 e. The number of carboxylic acid groups (broad SMARTS) is 1. The SMILES string of the molecule is O=C(O)CCN(C(=O)NCCc1cccnc1)C1CC1. The minimum absolute atomic E-state index is 0.00742. The second kappa shape index (κ2) is 6.88. The summed E-state index contributed by atoms with van der Waals surface area (Å²) in [7, 11) is 0. The number of carbonyl (C=O) groups is 2. The van der Waals surface area contributed by atoms with Crippen LogP contribution < -0.4 is 5.32 Å². The molecule has 0 radical (unpaired) electrons. The van der Waals surface area contributed by atoms with E-state index in [0.717, 1.165) is 24.8 Å². The van der Waals surface area contributed by atoms with E-state index in [9.17, 15) is 9.59 Å². The van der Waals surface area contributed by atoms with Gasteiger partial charge < -0.3 is 15.3 Å². The van der Waals surface area contributed by atoms with Crippen molar-refractivity contribution >= 4 is 12.0 Å². The van der Waals surface area contributed by atoms with E-state index < -0.39 is 5.97 Å². The molecule has 2 N–H and O–H groups in total. The summed E-state index contributed by atoms with van der Waals surface area (Å²) in [5.74, 6) is -0.876. The van der Waals surface area contributed by atoms with Crippen LogP contribution in [0, 0.1) is 0 Å². The van der Waals surface area contributed by atoms with Crippen molar-refractivity contribution < 1.29 is 14.7 Å². The first-order valence-electron chi connectivity index (χ1n) is 6.82. The zero-order chi connectivity index (χ0) is 14.4. The van der Waals surface area contributed by atoms with Gasteiger partial charge >= 0.3 is 12.0 Å². The van der Waals surface area contributed by atoms with E-state index in [0.29, 0.717) is 6.54 Å². The third kappa shape index (κ3) is 4.53. The number of rotatable bonds is 7. The average molecular weight is 277 g/mol. The van der Waals surface area contributed by atoms with Gasteiger partial charge in [0.25, 0.3) is 0 Å². The fourth-order valence-electron chi connectivity index (χ4n) is 2.01. The van der Waals surface area contributed by atoms with Gasteiger partial charge in [0.2, 0.25) is 0 Å². The molecule has 0 bridgehead atoms. The third-order valence-corrected chi connectivity index (χ3v) is 3.23. The molecular weight excluding hydrogens is 258 g/mol. The molecule has 2 rings (SSSR count). The van der Waals surface area contributed by atoms with Crippen LogP contribution in [-0.4, -0.2) is 46.1 Å². The summed E-state index contributed by atoms with van der Waals surface area (Å²) in [6, 6.07) is 3.87. The van der Waals surface area contributed by atoms with Crippen molar-refractivity contribution in [2.45, 2.75) is 31.7 Å². The monoisotopic (exact) mass is 277 g/mol. The number of hydrogen-bond donors (Lipinski definition) is 2. The van der Waals surface area contributed by atoms with Crippen LogP contribution in [0.4, 0.5) is 4.79 Å². The molecule has 1 heterocycles. The first-order chi connectivity index (χ1) is 9.66. The Hall–Kier alpha value is -2.11. The van der Waals surface area contributed by atoms with Crippen molar-refractivity contribution in [2.24, 2.45) is 0 Å². The van der Waals surface area contributed by atoms with Crippen LogP contribution in [-0.2, 0) is 11.2 Å².